The summed E-state index contributed by atoms with van der Waals surface area (Å²) < 4.78 is 5.35. The summed E-state index contributed by atoms with van der Waals surface area (Å²) in [5, 5.41) is 11.0. The van der Waals surface area contributed by atoms with Gasteiger partial charge in [0, 0.05) is 17.2 Å². The lowest BCUT2D eigenvalue weighted by molar-refractivity contribution is 0.453. The Hall–Kier alpha value is -2.14. The predicted molar refractivity (Wildman–Crippen MR) is 76.4 cm³/mol. The van der Waals surface area contributed by atoms with E-state index in [4.69, 9.17) is 4.42 Å². The predicted octanol–water partition coefficient (Wildman–Crippen LogP) is 2.68. The summed E-state index contributed by atoms with van der Waals surface area (Å²) in [6.07, 6.45) is 3.81. The van der Waals surface area contributed by atoms with Crippen molar-refractivity contribution < 1.29 is 4.42 Å². The molecule has 20 heavy (non-hydrogen) atoms. The van der Waals surface area contributed by atoms with Gasteiger partial charge < -0.3 is 9.73 Å². The summed E-state index contributed by atoms with van der Waals surface area (Å²) in [7, 11) is 0. The fourth-order valence-corrected chi connectivity index (χ4v) is 2.84. The first kappa shape index (κ1) is 11.7. The third kappa shape index (κ3) is 2.00. The number of hydrogen-bond donors (Lipinski definition) is 2. The van der Waals surface area contributed by atoms with E-state index >= 15 is 0 Å². The van der Waals surface area contributed by atoms with Crippen molar-refractivity contribution in [3.8, 4) is 11.3 Å². The molecular formula is C15H16N4O. The Kier molecular flexibility index (Phi) is 2.77. The third-order valence-corrected chi connectivity index (χ3v) is 4.00. The second-order valence-electron chi connectivity index (χ2n) is 5.27. The van der Waals surface area contributed by atoms with E-state index in [1.807, 2.05) is 18.2 Å². The molecule has 0 unspecified atom stereocenters. The quantitative estimate of drug-likeness (QED) is 0.750. The van der Waals surface area contributed by atoms with Gasteiger partial charge in [-0.05, 0) is 44.1 Å². The highest BCUT2D eigenvalue weighted by Crippen LogP contribution is 2.28. The fraction of sp³-hybridized carbons (Fsp3) is 0.333. The second kappa shape index (κ2) is 4.76. The average Bonchev–Trinajstić information content (AvgIpc) is 3.16. The number of aromatic amines is 1. The van der Waals surface area contributed by atoms with Gasteiger partial charge in [0.2, 0.25) is 0 Å². The summed E-state index contributed by atoms with van der Waals surface area (Å²) in [4.78, 5) is 4.13. The lowest BCUT2D eigenvalue weighted by Crippen LogP contribution is -2.26. The number of aromatic nitrogens is 3. The molecule has 1 aliphatic rings. The SMILES string of the molecule is c1nc2ccc(-c3cc(C4CCNCC4)[nH]n3)cc2o1. The number of nitrogens with zero attached hydrogens (tertiary/aromatic N) is 2. The smallest absolute Gasteiger partial charge is 0.181 e. The molecule has 0 aliphatic carbocycles. The van der Waals surface area contributed by atoms with Crippen molar-refractivity contribution in [2.75, 3.05) is 13.1 Å². The van der Waals surface area contributed by atoms with Gasteiger partial charge >= 0.3 is 0 Å². The van der Waals surface area contributed by atoms with Gasteiger partial charge in [-0.25, -0.2) is 4.98 Å². The maximum absolute atomic E-state index is 5.35. The van der Waals surface area contributed by atoms with Crippen molar-refractivity contribution >= 4 is 11.1 Å². The first-order chi connectivity index (χ1) is 9.90. The topological polar surface area (TPSA) is 66.7 Å². The van der Waals surface area contributed by atoms with Crippen molar-refractivity contribution in [1.29, 1.82) is 0 Å². The third-order valence-electron chi connectivity index (χ3n) is 4.00. The van der Waals surface area contributed by atoms with Gasteiger partial charge in [0.15, 0.2) is 12.0 Å². The lowest BCUT2D eigenvalue weighted by Gasteiger charge is -2.20. The molecule has 0 spiro atoms. The zero-order chi connectivity index (χ0) is 13.4. The molecule has 1 aliphatic heterocycles. The first-order valence-electron chi connectivity index (χ1n) is 7.00. The number of nitrogens with one attached hydrogen (secondary N) is 2. The molecule has 0 atom stereocenters. The molecule has 3 aromatic rings. The molecule has 0 saturated carbocycles. The lowest BCUT2D eigenvalue weighted by atomic mass is 9.94. The Morgan fingerprint density at radius 1 is 1.15 bits per heavy atom. The first-order valence-corrected chi connectivity index (χ1v) is 7.00. The highest BCUT2D eigenvalue weighted by Gasteiger charge is 2.18. The van der Waals surface area contributed by atoms with Crippen LogP contribution < -0.4 is 5.32 Å². The number of H-pyrrole nitrogens is 1. The van der Waals surface area contributed by atoms with Gasteiger partial charge in [-0.2, -0.15) is 5.10 Å². The summed E-state index contributed by atoms with van der Waals surface area (Å²) >= 11 is 0. The monoisotopic (exact) mass is 268 g/mol. The molecule has 102 valence electrons. The van der Waals surface area contributed by atoms with Gasteiger partial charge in [0.1, 0.15) is 5.52 Å². The summed E-state index contributed by atoms with van der Waals surface area (Å²) in [6, 6.07) is 8.15. The minimum absolute atomic E-state index is 0.589. The van der Waals surface area contributed by atoms with Crippen LogP contribution in [-0.2, 0) is 0 Å². The van der Waals surface area contributed by atoms with Gasteiger partial charge in [-0.3, -0.25) is 5.10 Å². The summed E-state index contributed by atoms with van der Waals surface area (Å²) in [6.45, 7) is 2.17. The molecule has 1 fully saturated rings. The number of hydrogen-bond acceptors (Lipinski definition) is 4. The number of benzene rings is 1. The molecule has 5 heteroatoms. The Balaban J connectivity index is 1.66. The largest absolute Gasteiger partial charge is 0.443 e. The van der Waals surface area contributed by atoms with E-state index in [-0.39, 0.29) is 0 Å². The molecule has 2 aromatic heterocycles. The van der Waals surface area contributed by atoms with E-state index in [2.05, 4.69) is 26.6 Å². The van der Waals surface area contributed by atoms with Crippen LogP contribution >= 0.6 is 0 Å². The maximum Gasteiger partial charge on any atom is 0.181 e. The zero-order valence-electron chi connectivity index (χ0n) is 11.1. The molecule has 0 bridgehead atoms. The highest BCUT2D eigenvalue weighted by atomic mass is 16.3. The molecule has 1 saturated heterocycles. The normalized spacial score (nSPS) is 16.8. The Morgan fingerprint density at radius 2 is 2.05 bits per heavy atom. The van der Waals surface area contributed by atoms with E-state index in [1.54, 1.807) is 0 Å². The van der Waals surface area contributed by atoms with Crippen LogP contribution in [-0.4, -0.2) is 28.3 Å². The molecule has 0 radical (unpaired) electrons. The molecule has 0 amide bonds. The number of fused-ring (bicyclic) bond motifs is 1. The molecule has 3 heterocycles. The molecule has 2 N–H and O–H groups in total. The Bertz CT molecular complexity index is 724. The summed E-state index contributed by atoms with van der Waals surface area (Å²) in [5.74, 6) is 0.589. The molecule has 5 nitrogen and oxygen atoms in total. The van der Waals surface area contributed by atoms with Crippen LogP contribution in [0.2, 0.25) is 0 Å². The van der Waals surface area contributed by atoms with Crippen LogP contribution in [0.5, 0.6) is 0 Å². The van der Waals surface area contributed by atoms with Crippen LogP contribution in [0.15, 0.2) is 35.1 Å². The summed E-state index contributed by atoms with van der Waals surface area (Å²) in [5.41, 5.74) is 4.94. The van der Waals surface area contributed by atoms with E-state index < -0.39 is 0 Å². The number of rotatable bonds is 2. The number of piperidine rings is 1. The van der Waals surface area contributed by atoms with E-state index in [1.165, 1.54) is 24.9 Å². The van der Waals surface area contributed by atoms with Crippen LogP contribution in [0.25, 0.3) is 22.4 Å². The van der Waals surface area contributed by atoms with E-state index in [0.717, 1.165) is 35.4 Å². The van der Waals surface area contributed by atoms with Crippen molar-refractivity contribution in [1.82, 2.24) is 20.5 Å². The standard InChI is InChI=1S/C15H16N4O/c1-2-12-15(20-9-17-12)7-11(1)14-8-13(18-19-14)10-3-5-16-6-4-10/h1-2,7-10,16H,3-6H2,(H,18,19). The molecule has 1 aromatic carbocycles. The van der Waals surface area contributed by atoms with Gasteiger partial charge in [0.05, 0.1) is 5.69 Å². The Morgan fingerprint density at radius 3 is 2.95 bits per heavy atom. The van der Waals surface area contributed by atoms with Crippen molar-refractivity contribution in [2.45, 2.75) is 18.8 Å². The number of oxazole rings is 1. The van der Waals surface area contributed by atoms with E-state index in [0.29, 0.717) is 5.92 Å². The van der Waals surface area contributed by atoms with Gasteiger partial charge in [-0.1, -0.05) is 6.07 Å². The Labute approximate surface area is 116 Å². The van der Waals surface area contributed by atoms with Gasteiger partial charge in [0.25, 0.3) is 0 Å². The zero-order valence-corrected chi connectivity index (χ0v) is 11.1. The van der Waals surface area contributed by atoms with Crippen LogP contribution in [0.1, 0.15) is 24.5 Å². The average molecular weight is 268 g/mol. The van der Waals surface area contributed by atoms with Crippen molar-refractivity contribution in [3.63, 3.8) is 0 Å². The minimum Gasteiger partial charge on any atom is -0.443 e. The second-order valence-corrected chi connectivity index (χ2v) is 5.27. The van der Waals surface area contributed by atoms with Crippen LogP contribution in [0, 0.1) is 0 Å². The molecule has 4 rings (SSSR count). The molecular weight excluding hydrogens is 252 g/mol. The van der Waals surface area contributed by atoms with Crippen LogP contribution in [0.3, 0.4) is 0 Å². The fourth-order valence-electron chi connectivity index (χ4n) is 2.84. The van der Waals surface area contributed by atoms with Crippen molar-refractivity contribution in [3.05, 3.63) is 36.4 Å². The maximum atomic E-state index is 5.35. The highest BCUT2D eigenvalue weighted by molar-refractivity contribution is 5.78. The van der Waals surface area contributed by atoms with E-state index in [9.17, 15) is 0 Å². The van der Waals surface area contributed by atoms with Crippen molar-refractivity contribution in [2.24, 2.45) is 0 Å². The van der Waals surface area contributed by atoms with Gasteiger partial charge in [-0.15, -0.1) is 0 Å². The van der Waals surface area contributed by atoms with Crippen LogP contribution in [0.4, 0.5) is 0 Å². The minimum atomic E-state index is 0.589.